The minimum Gasteiger partial charge on any atom is -0.414 e. The van der Waals surface area contributed by atoms with Gasteiger partial charge >= 0.3 is 7.60 Å². The molecule has 0 saturated heterocycles. The molecule has 0 heterocycles. The molecule has 0 amide bonds. The van der Waals surface area contributed by atoms with Gasteiger partial charge in [-0.25, -0.2) is 0 Å². The number of hydrogen-bond acceptors (Lipinski definition) is 3. The van der Waals surface area contributed by atoms with Crippen molar-refractivity contribution in [1.29, 1.82) is 0 Å². The predicted molar refractivity (Wildman–Crippen MR) is 92.7 cm³/mol. The monoisotopic (exact) mass is 352 g/mol. The van der Waals surface area contributed by atoms with Gasteiger partial charge in [0.15, 0.2) is 8.32 Å². The summed E-state index contributed by atoms with van der Waals surface area (Å²) in [6.07, 6.45) is 0.995. The van der Waals surface area contributed by atoms with Gasteiger partial charge in [-0.2, -0.15) is 0 Å². The average molecular weight is 352 g/mol. The lowest BCUT2D eigenvalue weighted by atomic mass is 10.0. The molecule has 2 N–H and O–H groups in total. The van der Waals surface area contributed by atoms with Crippen molar-refractivity contribution in [3.05, 3.63) is 0 Å². The third-order valence-corrected chi connectivity index (χ3v) is 9.59. The standard InChI is InChI=1S/C15H33O5PSi/c1-12(2)14(20-22(6,7)15(3,4)5)10-8-9-13(16)11-21(17,18)19/h12,14H,8-11H2,1-7H3,(H2,17,18,19)/t14-/m1/s1. The van der Waals surface area contributed by atoms with Crippen LogP contribution in [0.25, 0.3) is 0 Å². The molecule has 0 spiro atoms. The molecule has 0 unspecified atom stereocenters. The highest BCUT2D eigenvalue weighted by Gasteiger charge is 2.39. The van der Waals surface area contributed by atoms with Crippen LogP contribution in [0.2, 0.25) is 18.1 Å². The van der Waals surface area contributed by atoms with E-state index in [9.17, 15) is 9.36 Å². The summed E-state index contributed by atoms with van der Waals surface area (Å²) in [6, 6.07) is 0. The molecular weight excluding hydrogens is 319 g/mol. The van der Waals surface area contributed by atoms with Gasteiger partial charge in [-0.1, -0.05) is 34.6 Å². The van der Waals surface area contributed by atoms with Gasteiger partial charge in [0.2, 0.25) is 0 Å². The normalized spacial score (nSPS) is 15.2. The van der Waals surface area contributed by atoms with Crippen LogP contribution in [0.1, 0.15) is 53.9 Å². The van der Waals surface area contributed by atoms with Crippen molar-refractivity contribution in [2.45, 2.75) is 78.1 Å². The zero-order valence-electron chi connectivity index (χ0n) is 15.0. The maximum Gasteiger partial charge on any atom is 0.332 e. The average Bonchev–Trinajstić information content (AvgIpc) is 2.22. The molecule has 1 atom stereocenters. The Kier molecular flexibility index (Phi) is 8.20. The number of carbonyl (C=O) groups is 1. The van der Waals surface area contributed by atoms with Crippen molar-refractivity contribution in [2.75, 3.05) is 6.16 Å². The topological polar surface area (TPSA) is 83.8 Å². The Balaban J connectivity index is 4.51. The molecule has 0 aliphatic heterocycles. The third-order valence-electron chi connectivity index (χ3n) is 4.32. The number of hydrogen-bond donors (Lipinski definition) is 2. The molecule has 0 bridgehead atoms. The van der Waals surface area contributed by atoms with Gasteiger partial charge in [0.1, 0.15) is 11.9 Å². The van der Waals surface area contributed by atoms with Crippen LogP contribution >= 0.6 is 7.60 Å². The molecule has 0 aromatic heterocycles. The summed E-state index contributed by atoms with van der Waals surface area (Å²) in [5, 5.41) is 0.135. The molecular formula is C15H33O5PSi. The fourth-order valence-corrected chi connectivity index (χ4v) is 4.01. The Labute approximate surface area is 136 Å². The maximum atomic E-state index is 11.5. The van der Waals surface area contributed by atoms with Crippen LogP contribution in [0.3, 0.4) is 0 Å². The van der Waals surface area contributed by atoms with Gasteiger partial charge < -0.3 is 14.2 Å². The number of Topliss-reactive ketones (excluding diaryl/α,β-unsaturated/α-hetero) is 1. The SMILES string of the molecule is CC(C)[C@@H](CCCC(=O)CP(=O)(O)O)O[Si](C)(C)C(C)(C)C. The van der Waals surface area contributed by atoms with Crippen molar-refractivity contribution >= 4 is 21.7 Å². The smallest absolute Gasteiger partial charge is 0.332 e. The van der Waals surface area contributed by atoms with Gasteiger partial charge in [-0.15, -0.1) is 0 Å². The number of carbonyl (C=O) groups excluding carboxylic acids is 1. The van der Waals surface area contributed by atoms with Crippen molar-refractivity contribution < 1.29 is 23.6 Å². The molecule has 0 rings (SSSR count). The van der Waals surface area contributed by atoms with E-state index in [1.807, 2.05) is 0 Å². The van der Waals surface area contributed by atoms with Gasteiger partial charge in [-0.3, -0.25) is 9.36 Å². The van der Waals surface area contributed by atoms with E-state index in [0.29, 0.717) is 12.3 Å². The summed E-state index contributed by atoms with van der Waals surface area (Å²) in [6.45, 7) is 15.2. The fraction of sp³-hybridized carbons (Fsp3) is 0.933. The van der Waals surface area contributed by atoms with E-state index >= 15 is 0 Å². The summed E-state index contributed by atoms with van der Waals surface area (Å²) in [5.41, 5.74) is 0. The van der Waals surface area contributed by atoms with Crippen molar-refractivity contribution in [2.24, 2.45) is 5.92 Å². The molecule has 132 valence electrons. The maximum absolute atomic E-state index is 11.5. The van der Waals surface area contributed by atoms with E-state index in [-0.39, 0.29) is 23.3 Å². The predicted octanol–water partition coefficient (Wildman–Crippen LogP) is 3.95. The fourth-order valence-electron chi connectivity index (χ4n) is 1.89. The van der Waals surface area contributed by atoms with Crippen LogP contribution < -0.4 is 0 Å². The van der Waals surface area contributed by atoms with E-state index < -0.39 is 22.1 Å². The van der Waals surface area contributed by atoms with Crippen molar-refractivity contribution in [3.8, 4) is 0 Å². The van der Waals surface area contributed by atoms with Crippen LogP contribution in [-0.4, -0.2) is 36.2 Å². The molecule has 0 aromatic rings. The lowest BCUT2D eigenvalue weighted by Crippen LogP contribution is -2.45. The van der Waals surface area contributed by atoms with Gasteiger partial charge in [-0.05, 0) is 36.9 Å². The van der Waals surface area contributed by atoms with E-state index in [1.54, 1.807) is 0 Å². The first-order valence-electron chi connectivity index (χ1n) is 7.90. The highest BCUT2D eigenvalue weighted by Crippen LogP contribution is 2.39. The van der Waals surface area contributed by atoms with E-state index in [0.717, 1.165) is 6.42 Å². The van der Waals surface area contributed by atoms with Crippen LogP contribution in [-0.2, 0) is 13.8 Å². The highest BCUT2D eigenvalue weighted by molar-refractivity contribution is 7.52. The molecule has 0 fully saturated rings. The largest absolute Gasteiger partial charge is 0.414 e. The lowest BCUT2D eigenvalue weighted by Gasteiger charge is -2.40. The third kappa shape index (κ3) is 8.58. The van der Waals surface area contributed by atoms with Gasteiger partial charge in [0, 0.05) is 12.5 Å². The summed E-state index contributed by atoms with van der Waals surface area (Å²) < 4.78 is 17.2. The van der Waals surface area contributed by atoms with E-state index in [1.165, 1.54) is 0 Å². The Hall–Kier alpha value is -0.00312. The minimum absolute atomic E-state index is 0.0868. The molecule has 0 saturated carbocycles. The zero-order chi connectivity index (χ0) is 17.8. The molecule has 0 aliphatic rings. The van der Waals surface area contributed by atoms with Gasteiger partial charge in [0.05, 0.1) is 0 Å². The van der Waals surface area contributed by atoms with Crippen LogP contribution in [0.5, 0.6) is 0 Å². The van der Waals surface area contributed by atoms with Crippen molar-refractivity contribution in [1.82, 2.24) is 0 Å². The minimum atomic E-state index is -4.23. The van der Waals surface area contributed by atoms with Crippen LogP contribution in [0.15, 0.2) is 0 Å². The molecule has 0 aromatic carbocycles. The zero-order valence-corrected chi connectivity index (χ0v) is 16.9. The second kappa shape index (κ2) is 8.20. The molecule has 5 nitrogen and oxygen atoms in total. The van der Waals surface area contributed by atoms with Crippen LogP contribution in [0, 0.1) is 5.92 Å². The Morgan fingerprint density at radius 3 is 2.09 bits per heavy atom. The van der Waals surface area contributed by atoms with Crippen molar-refractivity contribution in [3.63, 3.8) is 0 Å². The van der Waals surface area contributed by atoms with Crippen LogP contribution in [0.4, 0.5) is 0 Å². The van der Waals surface area contributed by atoms with E-state index in [4.69, 9.17) is 14.2 Å². The summed E-state index contributed by atoms with van der Waals surface area (Å²) in [4.78, 5) is 29.1. The second-order valence-electron chi connectivity index (χ2n) is 7.91. The molecule has 7 heteroatoms. The second-order valence-corrected chi connectivity index (χ2v) is 14.3. The number of rotatable bonds is 9. The quantitative estimate of drug-likeness (QED) is 0.485. The first kappa shape index (κ1) is 22.0. The Morgan fingerprint density at radius 1 is 1.23 bits per heavy atom. The highest BCUT2D eigenvalue weighted by atomic mass is 31.2. The molecule has 22 heavy (non-hydrogen) atoms. The van der Waals surface area contributed by atoms with Gasteiger partial charge in [0.25, 0.3) is 0 Å². The summed E-state index contributed by atoms with van der Waals surface area (Å²) >= 11 is 0. The summed E-state index contributed by atoms with van der Waals surface area (Å²) in [7, 11) is -6.09. The summed E-state index contributed by atoms with van der Waals surface area (Å²) in [5.74, 6) is -0.0193. The first-order valence-corrected chi connectivity index (χ1v) is 12.6. The van der Waals surface area contributed by atoms with E-state index in [2.05, 4.69) is 47.7 Å². The molecule has 0 aliphatic carbocycles. The Bertz CT molecular complexity index is 409. The Morgan fingerprint density at radius 2 is 1.73 bits per heavy atom. The first-order chi connectivity index (χ1) is 9.66. The number of ketones is 1. The molecule has 0 radical (unpaired) electrons. The lowest BCUT2D eigenvalue weighted by molar-refractivity contribution is -0.117.